The normalized spacial score (nSPS) is 13.1. The van der Waals surface area contributed by atoms with Gasteiger partial charge in [-0.25, -0.2) is 0 Å². The Morgan fingerprint density at radius 2 is 0.500 bits per heavy atom. The molecule has 440 valence electrons. The lowest BCUT2D eigenvalue weighted by atomic mass is 10.1. The summed E-state index contributed by atoms with van der Waals surface area (Å²) in [5.74, 6) is -0.970. The SMILES string of the molecule is CC/C=C\C/C=C\C/C=C\C/C=C\C/C=C\C/C=C\CCCCCCC(=O)OCC(COC(=O)CCCCCCCCC/C=C\CCCCCCCCC)OC(=O)CCCCC/C=C\C/C=C\C/C=C\C/C=C\C/C=C\CC. The largest absolute Gasteiger partial charge is 0.462 e. The zero-order valence-electron chi connectivity index (χ0n) is 50.4. The molecule has 0 saturated carbocycles. The molecule has 0 aromatic rings. The lowest BCUT2D eigenvalue weighted by molar-refractivity contribution is -0.167. The van der Waals surface area contributed by atoms with Crippen LogP contribution >= 0.6 is 0 Å². The number of esters is 3. The van der Waals surface area contributed by atoms with Crippen molar-refractivity contribution in [3.05, 3.63) is 146 Å². The Hall–Kier alpha value is -4.71. The molecule has 78 heavy (non-hydrogen) atoms. The van der Waals surface area contributed by atoms with Crippen molar-refractivity contribution in [3.8, 4) is 0 Å². The van der Waals surface area contributed by atoms with Crippen molar-refractivity contribution in [2.75, 3.05) is 13.2 Å². The molecule has 0 aliphatic rings. The van der Waals surface area contributed by atoms with Crippen LogP contribution in [0.4, 0.5) is 0 Å². The van der Waals surface area contributed by atoms with Crippen molar-refractivity contribution in [2.45, 2.75) is 277 Å². The van der Waals surface area contributed by atoms with E-state index in [1.165, 1.54) is 83.5 Å². The van der Waals surface area contributed by atoms with E-state index in [1.54, 1.807) is 0 Å². The van der Waals surface area contributed by atoms with Gasteiger partial charge in [0, 0.05) is 19.3 Å². The summed E-state index contributed by atoms with van der Waals surface area (Å²) in [7, 11) is 0. The first-order valence-corrected chi connectivity index (χ1v) is 31.8. The summed E-state index contributed by atoms with van der Waals surface area (Å²) >= 11 is 0. The molecular weight excluding hydrogens is 961 g/mol. The van der Waals surface area contributed by atoms with Gasteiger partial charge < -0.3 is 14.2 Å². The fraction of sp³-hybridized carbons (Fsp3) is 0.625. The van der Waals surface area contributed by atoms with Crippen molar-refractivity contribution < 1.29 is 28.6 Å². The van der Waals surface area contributed by atoms with Crippen LogP contribution in [0.3, 0.4) is 0 Å². The Bertz CT molecular complexity index is 1710. The number of carbonyl (C=O) groups is 3. The molecule has 0 N–H and O–H groups in total. The summed E-state index contributed by atoms with van der Waals surface area (Å²) in [6, 6.07) is 0. The van der Waals surface area contributed by atoms with Gasteiger partial charge in [0.25, 0.3) is 0 Å². The van der Waals surface area contributed by atoms with E-state index in [0.29, 0.717) is 19.3 Å². The monoisotopic (exact) mass is 1080 g/mol. The van der Waals surface area contributed by atoms with E-state index in [2.05, 4.69) is 167 Å². The van der Waals surface area contributed by atoms with Crippen molar-refractivity contribution in [1.29, 1.82) is 0 Å². The second kappa shape index (κ2) is 64.8. The topological polar surface area (TPSA) is 78.9 Å². The highest BCUT2D eigenvalue weighted by Crippen LogP contribution is 2.14. The third kappa shape index (κ3) is 62.1. The van der Waals surface area contributed by atoms with Crippen LogP contribution in [0.25, 0.3) is 0 Å². The van der Waals surface area contributed by atoms with Crippen LogP contribution in [0, 0.1) is 0 Å². The van der Waals surface area contributed by atoms with Crippen molar-refractivity contribution >= 4 is 17.9 Å². The van der Waals surface area contributed by atoms with Crippen LogP contribution < -0.4 is 0 Å². The second-order valence-corrected chi connectivity index (χ2v) is 20.5. The van der Waals surface area contributed by atoms with Crippen LogP contribution in [0.5, 0.6) is 0 Å². The smallest absolute Gasteiger partial charge is 0.306 e. The third-order valence-electron chi connectivity index (χ3n) is 13.1. The molecule has 0 aliphatic heterocycles. The molecule has 1 atom stereocenters. The van der Waals surface area contributed by atoms with Crippen molar-refractivity contribution in [2.24, 2.45) is 0 Å². The highest BCUT2D eigenvalue weighted by atomic mass is 16.6. The van der Waals surface area contributed by atoms with Crippen LogP contribution in [0.15, 0.2) is 146 Å². The first kappa shape index (κ1) is 73.3. The predicted molar refractivity (Wildman–Crippen MR) is 339 cm³/mol. The lowest BCUT2D eigenvalue weighted by Gasteiger charge is -2.18. The Morgan fingerprint density at radius 1 is 0.269 bits per heavy atom. The Labute approximate surface area is 480 Å². The maximum absolute atomic E-state index is 12.9. The second-order valence-electron chi connectivity index (χ2n) is 20.5. The number of rotatable bonds is 56. The Kier molecular flexibility index (Phi) is 60.9. The zero-order chi connectivity index (χ0) is 56.4. The number of hydrogen-bond acceptors (Lipinski definition) is 6. The van der Waals surface area contributed by atoms with E-state index in [-0.39, 0.29) is 37.5 Å². The average molecular weight is 1080 g/mol. The molecule has 1 unspecified atom stereocenters. The Morgan fingerprint density at radius 3 is 0.808 bits per heavy atom. The fourth-order valence-corrected chi connectivity index (χ4v) is 8.35. The molecule has 0 fully saturated rings. The Balaban J connectivity index is 4.53. The van der Waals surface area contributed by atoms with Gasteiger partial charge >= 0.3 is 17.9 Å². The maximum Gasteiger partial charge on any atom is 0.306 e. The molecule has 0 saturated heterocycles. The van der Waals surface area contributed by atoms with Crippen molar-refractivity contribution in [3.63, 3.8) is 0 Å². The van der Waals surface area contributed by atoms with Gasteiger partial charge in [-0.3, -0.25) is 14.4 Å². The van der Waals surface area contributed by atoms with Crippen LogP contribution in [0.2, 0.25) is 0 Å². The summed E-state index contributed by atoms with van der Waals surface area (Å²) < 4.78 is 16.9. The predicted octanol–water partition coefficient (Wildman–Crippen LogP) is 21.9. The molecule has 0 spiro atoms. The number of carbonyl (C=O) groups excluding carboxylic acids is 3. The maximum atomic E-state index is 12.9. The third-order valence-corrected chi connectivity index (χ3v) is 13.1. The van der Waals surface area contributed by atoms with Gasteiger partial charge in [0.1, 0.15) is 13.2 Å². The molecule has 0 aromatic carbocycles. The molecule has 6 heteroatoms. The quantitative estimate of drug-likeness (QED) is 0.0261. The van der Waals surface area contributed by atoms with E-state index in [4.69, 9.17) is 14.2 Å². The molecule has 0 heterocycles. The fourth-order valence-electron chi connectivity index (χ4n) is 8.35. The molecule has 0 amide bonds. The average Bonchev–Trinajstić information content (AvgIpc) is 3.44. The minimum absolute atomic E-state index is 0.107. The summed E-state index contributed by atoms with van der Waals surface area (Å²) in [5.41, 5.74) is 0. The first-order valence-electron chi connectivity index (χ1n) is 31.8. The van der Waals surface area contributed by atoms with Crippen LogP contribution in [-0.2, 0) is 28.6 Å². The highest BCUT2D eigenvalue weighted by molar-refractivity contribution is 5.71. The van der Waals surface area contributed by atoms with Gasteiger partial charge in [0.15, 0.2) is 6.10 Å². The number of ether oxygens (including phenoxy) is 3. The number of allylic oxidation sites excluding steroid dienone is 24. The summed E-state index contributed by atoms with van der Waals surface area (Å²) in [5, 5.41) is 0. The first-order chi connectivity index (χ1) is 38.5. The molecule has 6 nitrogen and oxygen atoms in total. The van der Waals surface area contributed by atoms with E-state index < -0.39 is 6.10 Å². The van der Waals surface area contributed by atoms with E-state index in [9.17, 15) is 14.4 Å². The molecule has 0 radical (unpaired) electrons. The highest BCUT2D eigenvalue weighted by Gasteiger charge is 2.19. The summed E-state index contributed by atoms with van der Waals surface area (Å²) in [4.78, 5) is 38.4. The van der Waals surface area contributed by atoms with E-state index >= 15 is 0 Å². The van der Waals surface area contributed by atoms with Gasteiger partial charge in [0.05, 0.1) is 0 Å². The standard InChI is InChI=1S/C72H116O6/c1-4-7-10-13-16-19-22-25-28-31-34-35-36-37-39-41-44-47-50-53-56-59-62-65-71(74)77-68-69(67-76-70(73)64-61-58-55-52-49-46-43-40-33-30-27-24-21-18-15-12-9-6-3)78-72(75)66-63-60-57-54-51-48-45-42-38-32-29-26-23-20-17-14-11-8-5-2/h7-8,10-11,16-17,19-20,25-26,28-30,33-35,37-39,42,44,47-48,51,69H,4-6,9,12-15,18,21-24,27,31-32,36,40-41,43,45-46,49-50,52-68H2,1-3H3/b10-7-,11-8-,19-16-,20-17-,28-25-,29-26-,33-30-,35-34-,39-37-,42-38-,47-44-,51-48-. The zero-order valence-corrected chi connectivity index (χ0v) is 50.4. The minimum Gasteiger partial charge on any atom is -0.462 e. The number of unbranched alkanes of at least 4 members (excludes halogenated alkanes) is 21. The molecule has 0 rings (SSSR count). The summed E-state index contributed by atoms with van der Waals surface area (Å²) in [6.45, 7) is 6.36. The van der Waals surface area contributed by atoms with Gasteiger partial charge in [-0.1, -0.05) is 256 Å². The van der Waals surface area contributed by atoms with E-state index in [0.717, 1.165) is 141 Å². The van der Waals surface area contributed by atoms with Gasteiger partial charge in [-0.05, 0) is 141 Å². The molecule has 0 aromatic heterocycles. The minimum atomic E-state index is -0.816. The van der Waals surface area contributed by atoms with Crippen LogP contribution in [-0.4, -0.2) is 37.2 Å². The van der Waals surface area contributed by atoms with Gasteiger partial charge in [0.2, 0.25) is 0 Å². The summed E-state index contributed by atoms with van der Waals surface area (Å²) in [6.07, 6.45) is 92.7. The molecular formula is C72H116O6. The molecule has 0 bridgehead atoms. The van der Waals surface area contributed by atoms with Crippen LogP contribution in [0.1, 0.15) is 271 Å². The van der Waals surface area contributed by atoms with Crippen molar-refractivity contribution in [1.82, 2.24) is 0 Å². The van der Waals surface area contributed by atoms with Gasteiger partial charge in [-0.15, -0.1) is 0 Å². The van der Waals surface area contributed by atoms with Gasteiger partial charge in [-0.2, -0.15) is 0 Å². The number of hydrogen-bond donors (Lipinski definition) is 0. The molecule has 0 aliphatic carbocycles. The lowest BCUT2D eigenvalue weighted by Crippen LogP contribution is -2.30. The van der Waals surface area contributed by atoms with E-state index in [1.807, 2.05) is 0 Å².